The Morgan fingerprint density at radius 2 is 2.17 bits per heavy atom. The van der Waals surface area contributed by atoms with Crippen molar-refractivity contribution in [3.05, 3.63) is 12.7 Å². The van der Waals surface area contributed by atoms with Crippen LogP contribution in [0, 0.1) is 0 Å². The average molecular weight is 272 g/mol. The van der Waals surface area contributed by atoms with E-state index in [2.05, 4.69) is 17.2 Å². The monoisotopic (exact) mass is 272 g/mol. The Kier molecular flexibility index (Phi) is 6.82. The third-order valence-corrected chi connectivity index (χ3v) is 4.14. The first-order valence-electron chi connectivity index (χ1n) is 6.09. The lowest BCUT2D eigenvalue weighted by Crippen LogP contribution is -2.41. The highest BCUT2D eigenvalue weighted by Gasteiger charge is 2.20. The van der Waals surface area contributed by atoms with Crippen molar-refractivity contribution in [3.63, 3.8) is 0 Å². The van der Waals surface area contributed by atoms with Gasteiger partial charge in [0, 0.05) is 5.25 Å². The molecular formula is C12H20N2O3S. The van der Waals surface area contributed by atoms with Crippen molar-refractivity contribution in [1.29, 1.82) is 0 Å². The van der Waals surface area contributed by atoms with E-state index in [0.717, 1.165) is 25.9 Å². The van der Waals surface area contributed by atoms with E-state index in [1.54, 1.807) is 11.8 Å². The Balaban J connectivity index is 2.26. The highest BCUT2D eigenvalue weighted by atomic mass is 32.2. The molecule has 1 aliphatic rings. The number of thioether (sulfide) groups is 1. The number of aliphatic carboxylic acids is 1. The van der Waals surface area contributed by atoms with Gasteiger partial charge in [-0.05, 0) is 32.4 Å². The molecular weight excluding hydrogens is 252 g/mol. The summed E-state index contributed by atoms with van der Waals surface area (Å²) in [6, 6.07) is -0.858. The summed E-state index contributed by atoms with van der Waals surface area (Å²) in [6.07, 6.45) is 3.87. The van der Waals surface area contributed by atoms with Gasteiger partial charge >= 0.3 is 5.97 Å². The minimum Gasteiger partial charge on any atom is -0.480 e. The fraction of sp³-hybridized carbons (Fsp3) is 0.667. The molecule has 0 spiro atoms. The van der Waals surface area contributed by atoms with Gasteiger partial charge < -0.3 is 15.7 Å². The Bertz CT molecular complexity index is 304. The number of hydrogen-bond acceptors (Lipinski definition) is 4. The molecule has 1 heterocycles. The van der Waals surface area contributed by atoms with Gasteiger partial charge in [0.25, 0.3) is 0 Å². The number of carbonyl (C=O) groups is 2. The van der Waals surface area contributed by atoms with Crippen molar-refractivity contribution in [2.45, 2.75) is 30.6 Å². The standard InChI is InChI=1S/C12H20N2O3S/c1-2-3-10(12(16)17)14-11(15)8-18-9-4-6-13-7-5-9/h2,9-10,13H,1,3-8H2,(H,14,15)(H,16,17). The molecule has 1 amide bonds. The minimum absolute atomic E-state index is 0.215. The molecule has 0 bridgehead atoms. The molecule has 0 aromatic rings. The molecule has 5 nitrogen and oxygen atoms in total. The fourth-order valence-electron chi connectivity index (χ4n) is 1.78. The van der Waals surface area contributed by atoms with Crippen molar-refractivity contribution in [2.24, 2.45) is 0 Å². The van der Waals surface area contributed by atoms with Crippen LogP contribution in [0.2, 0.25) is 0 Å². The SMILES string of the molecule is C=CCC(NC(=O)CSC1CCNCC1)C(=O)O. The molecule has 0 aromatic heterocycles. The topological polar surface area (TPSA) is 78.4 Å². The third kappa shape index (κ3) is 5.55. The van der Waals surface area contributed by atoms with Crippen LogP contribution in [-0.2, 0) is 9.59 Å². The molecule has 1 unspecified atom stereocenters. The van der Waals surface area contributed by atoms with Crippen LogP contribution in [0.25, 0.3) is 0 Å². The van der Waals surface area contributed by atoms with Gasteiger partial charge in [-0.2, -0.15) is 0 Å². The Morgan fingerprint density at radius 1 is 1.50 bits per heavy atom. The van der Waals surface area contributed by atoms with Gasteiger partial charge in [0.05, 0.1) is 5.75 Å². The number of rotatable bonds is 7. The maximum Gasteiger partial charge on any atom is 0.326 e. The molecule has 1 atom stereocenters. The summed E-state index contributed by atoms with van der Waals surface area (Å²) in [4.78, 5) is 22.5. The zero-order valence-corrected chi connectivity index (χ0v) is 11.2. The van der Waals surface area contributed by atoms with Crippen molar-refractivity contribution in [2.75, 3.05) is 18.8 Å². The number of carbonyl (C=O) groups excluding carboxylic acids is 1. The van der Waals surface area contributed by atoms with Crippen LogP contribution >= 0.6 is 11.8 Å². The third-order valence-electron chi connectivity index (χ3n) is 2.77. The molecule has 102 valence electrons. The van der Waals surface area contributed by atoms with Gasteiger partial charge in [-0.3, -0.25) is 4.79 Å². The number of nitrogens with one attached hydrogen (secondary N) is 2. The first-order valence-corrected chi connectivity index (χ1v) is 7.13. The van der Waals surface area contributed by atoms with Crippen molar-refractivity contribution < 1.29 is 14.7 Å². The smallest absolute Gasteiger partial charge is 0.326 e. The van der Waals surface area contributed by atoms with Crippen LogP contribution in [0.15, 0.2) is 12.7 Å². The second kappa shape index (κ2) is 8.16. The van der Waals surface area contributed by atoms with Crippen LogP contribution in [0.3, 0.4) is 0 Å². The molecule has 0 aliphatic carbocycles. The van der Waals surface area contributed by atoms with Crippen LogP contribution in [0.1, 0.15) is 19.3 Å². The second-order valence-corrected chi connectivity index (χ2v) is 5.53. The summed E-state index contributed by atoms with van der Waals surface area (Å²) in [5.74, 6) is -0.908. The quantitative estimate of drug-likeness (QED) is 0.592. The molecule has 0 radical (unpaired) electrons. The Hall–Kier alpha value is -1.01. The summed E-state index contributed by atoms with van der Waals surface area (Å²) in [6.45, 7) is 5.47. The Morgan fingerprint density at radius 3 is 2.72 bits per heavy atom. The lowest BCUT2D eigenvalue weighted by atomic mass is 10.2. The lowest BCUT2D eigenvalue weighted by molar-refractivity contribution is -0.141. The summed E-state index contributed by atoms with van der Waals surface area (Å²) >= 11 is 1.61. The highest BCUT2D eigenvalue weighted by Crippen LogP contribution is 2.19. The van der Waals surface area contributed by atoms with Crippen LogP contribution < -0.4 is 10.6 Å². The van der Waals surface area contributed by atoms with Crippen LogP contribution in [0.4, 0.5) is 0 Å². The van der Waals surface area contributed by atoms with Gasteiger partial charge in [-0.1, -0.05) is 6.08 Å². The first kappa shape index (κ1) is 15.0. The van der Waals surface area contributed by atoms with Gasteiger partial charge in [-0.15, -0.1) is 18.3 Å². The van der Waals surface area contributed by atoms with E-state index in [-0.39, 0.29) is 12.3 Å². The number of amides is 1. The second-order valence-electron chi connectivity index (χ2n) is 4.24. The van der Waals surface area contributed by atoms with E-state index >= 15 is 0 Å². The summed E-state index contributed by atoms with van der Waals surface area (Å²) < 4.78 is 0. The van der Waals surface area contributed by atoms with E-state index in [0.29, 0.717) is 11.0 Å². The largest absolute Gasteiger partial charge is 0.480 e. The first-order chi connectivity index (χ1) is 8.63. The van der Waals surface area contributed by atoms with E-state index < -0.39 is 12.0 Å². The molecule has 18 heavy (non-hydrogen) atoms. The number of carboxylic acids is 1. The molecule has 1 aliphatic heterocycles. The zero-order chi connectivity index (χ0) is 13.4. The van der Waals surface area contributed by atoms with E-state index in [1.165, 1.54) is 6.08 Å². The molecule has 1 rings (SSSR count). The maximum atomic E-state index is 11.6. The van der Waals surface area contributed by atoms with E-state index in [4.69, 9.17) is 5.11 Å². The van der Waals surface area contributed by atoms with Gasteiger partial charge in [0.15, 0.2) is 0 Å². The summed E-state index contributed by atoms with van der Waals surface area (Å²) in [5, 5.41) is 15.2. The predicted molar refractivity (Wildman–Crippen MR) is 72.7 cm³/mol. The maximum absolute atomic E-state index is 11.6. The minimum atomic E-state index is -1.02. The van der Waals surface area contributed by atoms with Gasteiger partial charge in [-0.25, -0.2) is 4.79 Å². The van der Waals surface area contributed by atoms with E-state index in [1.807, 2.05) is 0 Å². The molecule has 6 heteroatoms. The zero-order valence-electron chi connectivity index (χ0n) is 10.4. The highest BCUT2D eigenvalue weighted by molar-refractivity contribution is 8.00. The molecule has 1 fully saturated rings. The van der Waals surface area contributed by atoms with E-state index in [9.17, 15) is 9.59 Å². The van der Waals surface area contributed by atoms with Crippen molar-refractivity contribution >= 4 is 23.6 Å². The number of hydrogen-bond donors (Lipinski definition) is 3. The van der Waals surface area contributed by atoms with Gasteiger partial charge in [0.1, 0.15) is 6.04 Å². The number of carboxylic acid groups (broad SMARTS) is 1. The predicted octanol–water partition coefficient (Wildman–Crippen LogP) is 0.617. The van der Waals surface area contributed by atoms with Crippen molar-refractivity contribution in [3.8, 4) is 0 Å². The molecule has 0 saturated carbocycles. The molecule has 3 N–H and O–H groups in total. The van der Waals surface area contributed by atoms with Crippen LogP contribution in [0.5, 0.6) is 0 Å². The molecule has 1 saturated heterocycles. The number of piperidine rings is 1. The van der Waals surface area contributed by atoms with Crippen molar-refractivity contribution in [1.82, 2.24) is 10.6 Å². The van der Waals surface area contributed by atoms with Crippen LogP contribution in [-0.4, -0.2) is 47.1 Å². The summed E-state index contributed by atoms with van der Waals surface area (Å²) in [7, 11) is 0. The normalized spacial score (nSPS) is 18.0. The summed E-state index contributed by atoms with van der Waals surface area (Å²) in [5.41, 5.74) is 0. The Labute approximate surface area is 111 Å². The van der Waals surface area contributed by atoms with Gasteiger partial charge in [0.2, 0.25) is 5.91 Å². The lowest BCUT2D eigenvalue weighted by Gasteiger charge is -2.22. The fourth-order valence-corrected chi connectivity index (χ4v) is 2.82. The molecule has 0 aromatic carbocycles. The average Bonchev–Trinajstić information content (AvgIpc) is 2.37.